The molecule has 1 aliphatic rings. The van der Waals surface area contributed by atoms with Crippen LogP contribution in [0, 0.1) is 0 Å². The molecule has 1 heterocycles. The van der Waals surface area contributed by atoms with Gasteiger partial charge in [0.2, 0.25) is 0 Å². The van der Waals surface area contributed by atoms with Crippen LogP contribution in [0.1, 0.15) is 6.42 Å². The summed E-state index contributed by atoms with van der Waals surface area (Å²) in [5, 5.41) is 18.4. The molecule has 0 unspecified atom stereocenters. The Labute approximate surface area is 149 Å². The van der Waals surface area contributed by atoms with Gasteiger partial charge in [0.25, 0.3) is 0 Å². The van der Waals surface area contributed by atoms with E-state index in [0.29, 0.717) is 26.2 Å². The van der Waals surface area contributed by atoms with Crippen molar-refractivity contribution in [2.24, 2.45) is 0 Å². The number of aliphatic hydroxyl groups is 2. The Balaban J connectivity index is 2.76. The van der Waals surface area contributed by atoms with Gasteiger partial charge in [-0.1, -0.05) is 18.2 Å². The maximum Gasteiger partial charge on any atom is 0.160 e. The van der Waals surface area contributed by atoms with Gasteiger partial charge < -0.3 is 33.9 Å². The van der Waals surface area contributed by atoms with Gasteiger partial charge in [-0.2, -0.15) is 0 Å². The standard InChI is InChI=1S/C18H30O7/c1-4-7-21-13-16-18(23-9-6-3)15(22-8-5-2)10-17(25-16)24-12-14(20)11-19/h4-6,14-20H,1-3,7-13H2/t14-,15-,16-,17-,18+/m1/s1. The van der Waals surface area contributed by atoms with Gasteiger partial charge in [0.15, 0.2) is 6.29 Å². The molecule has 1 rings (SSSR count). The van der Waals surface area contributed by atoms with Crippen molar-refractivity contribution in [3.8, 4) is 0 Å². The number of hydrogen-bond donors (Lipinski definition) is 2. The fourth-order valence-corrected chi connectivity index (χ4v) is 2.42. The second-order valence-corrected chi connectivity index (χ2v) is 5.58. The molecule has 0 aromatic rings. The molecule has 1 saturated heterocycles. The highest BCUT2D eigenvalue weighted by molar-refractivity contribution is 4.88. The quantitative estimate of drug-likeness (QED) is 0.351. The summed E-state index contributed by atoms with van der Waals surface area (Å²) in [5.41, 5.74) is 0. The fraction of sp³-hybridized carbons (Fsp3) is 0.667. The Bertz CT molecular complexity index is 388. The normalized spacial score (nSPS) is 27.6. The Kier molecular flexibility index (Phi) is 11.6. The molecular formula is C18H30O7. The molecule has 0 radical (unpaired) electrons. The summed E-state index contributed by atoms with van der Waals surface area (Å²) in [6, 6.07) is 0. The van der Waals surface area contributed by atoms with Crippen LogP contribution in [-0.2, 0) is 23.7 Å². The highest BCUT2D eigenvalue weighted by Gasteiger charge is 2.40. The summed E-state index contributed by atoms with van der Waals surface area (Å²) in [4.78, 5) is 0. The number of hydrogen-bond acceptors (Lipinski definition) is 7. The molecule has 0 aromatic heterocycles. The molecule has 2 N–H and O–H groups in total. The Hall–Kier alpha value is -1.06. The number of ether oxygens (including phenoxy) is 5. The summed E-state index contributed by atoms with van der Waals surface area (Å²) < 4.78 is 28.6. The van der Waals surface area contributed by atoms with Crippen molar-refractivity contribution < 1.29 is 33.9 Å². The highest BCUT2D eigenvalue weighted by atomic mass is 16.7. The lowest BCUT2D eigenvalue weighted by Gasteiger charge is -2.41. The van der Waals surface area contributed by atoms with E-state index in [9.17, 15) is 5.11 Å². The molecule has 1 aliphatic heterocycles. The lowest BCUT2D eigenvalue weighted by molar-refractivity contribution is -0.275. The summed E-state index contributed by atoms with van der Waals surface area (Å²) >= 11 is 0. The smallest absolute Gasteiger partial charge is 0.160 e. The maximum atomic E-state index is 9.46. The lowest BCUT2D eigenvalue weighted by atomic mass is 10.0. The molecule has 0 bridgehead atoms. The monoisotopic (exact) mass is 358 g/mol. The second kappa shape index (κ2) is 13.2. The van der Waals surface area contributed by atoms with Gasteiger partial charge in [0.05, 0.1) is 45.7 Å². The van der Waals surface area contributed by atoms with E-state index in [2.05, 4.69) is 19.7 Å². The maximum absolute atomic E-state index is 9.46. The molecule has 0 spiro atoms. The minimum absolute atomic E-state index is 0.0340. The van der Waals surface area contributed by atoms with Gasteiger partial charge in [-0.3, -0.25) is 0 Å². The van der Waals surface area contributed by atoms with E-state index in [1.165, 1.54) is 0 Å². The molecule has 0 saturated carbocycles. The molecule has 7 nitrogen and oxygen atoms in total. The summed E-state index contributed by atoms with van der Waals surface area (Å²) in [5.74, 6) is 0. The topological polar surface area (TPSA) is 86.6 Å². The minimum Gasteiger partial charge on any atom is -0.394 e. The third-order valence-corrected chi connectivity index (χ3v) is 3.52. The number of aliphatic hydroxyl groups excluding tert-OH is 2. The van der Waals surface area contributed by atoms with Gasteiger partial charge in [0.1, 0.15) is 18.3 Å². The minimum atomic E-state index is -0.957. The van der Waals surface area contributed by atoms with E-state index in [-0.39, 0.29) is 32.0 Å². The van der Waals surface area contributed by atoms with Crippen LogP contribution >= 0.6 is 0 Å². The van der Waals surface area contributed by atoms with Gasteiger partial charge in [0, 0.05) is 6.42 Å². The lowest BCUT2D eigenvalue weighted by Crippen LogP contribution is -2.53. The van der Waals surface area contributed by atoms with Crippen molar-refractivity contribution in [2.45, 2.75) is 37.1 Å². The van der Waals surface area contributed by atoms with Crippen LogP contribution in [0.15, 0.2) is 38.0 Å². The van der Waals surface area contributed by atoms with Crippen LogP contribution in [0.25, 0.3) is 0 Å². The molecule has 0 amide bonds. The van der Waals surface area contributed by atoms with Crippen LogP contribution in [0.5, 0.6) is 0 Å². The Morgan fingerprint density at radius 1 is 1.04 bits per heavy atom. The summed E-state index contributed by atoms with van der Waals surface area (Å²) in [7, 11) is 0. The first kappa shape index (κ1) is 22.0. The van der Waals surface area contributed by atoms with Crippen LogP contribution in [0.3, 0.4) is 0 Å². The van der Waals surface area contributed by atoms with Crippen LogP contribution < -0.4 is 0 Å². The van der Waals surface area contributed by atoms with E-state index in [1.54, 1.807) is 18.2 Å². The van der Waals surface area contributed by atoms with E-state index in [0.717, 1.165) is 0 Å². The summed E-state index contributed by atoms with van der Waals surface area (Å²) in [6.45, 7) is 11.9. The molecule has 0 aromatic carbocycles. The van der Waals surface area contributed by atoms with Crippen LogP contribution in [0.4, 0.5) is 0 Å². The molecule has 144 valence electrons. The highest BCUT2D eigenvalue weighted by Crippen LogP contribution is 2.26. The van der Waals surface area contributed by atoms with E-state index in [1.807, 2.05) is 0 Å². The molecule has 1 fully saturated rings. The predicted molar refractivity (Wildman–Crippen MR) is 93.2 cm³/mol. The molecule has 7 heteroatoms. The van der Waals surface area contributed by atoms with E-state index in [4.69, 9.17) is 28.8 Å². The Morgan fingerprint density at radius 3 is 2.36 bits per heavy atom. The van der Waals surface area contributed by atoms with E-state index < -0.39 is 18.5 Å². The van der Waals surface area contributed by atoms with Crippen molar-refractivity contribution in [3.05, 3.63) is 38.0 Å². The SMILES string of the molecule is C=CCOC[C@H]1O[C@@H](OC[C@H](O)CO)C[C@@H](OCC=C)[C@@H]1OCC=C. The third kappa shape index (κ3) is 8.24. The fourth-order valence-electron chi connectivity index (χ4n) is 2.42. The van der Waals surface area contributed by atoms with Crippen molar-refractivity contribution in [3.63, 3.8) is 0 Å². The average Bonchev–Trinajstić information content (AvgIpc) is 2.63. The second-order valence-electron chi connectivity index (χ2n) is 5.58. The van der Waals surface area contributed by atoms with Crippen molar-refractivity contribution in [1.82, 2.24) is 0 Å². The first-order valence-corrected chi connectivity index (χ1v) is 8.35. The van der Waals surface area contributed by atoms with Crippen molar-refractivity contribution >= 4 is 0 Å². The van der Waals surface area contributed by atoms with Gasteiger partial charge in [-0.15, -0.1) is 19.7 Å². The molecular weight excluding hydrogens is 328 g/mol. The van der Waals surface area contributed by atoms with E-state index >= 15 is 0 Å². The van der Waals surface area contributed by atoms with Crippen LogP contribution in [-0.4, -0.2) is 80.6 Å². The van der Waals surface area contributed by atoms with Gasteiger partial charge >= 0.3 is 0 Å². The first-order valence-electron chi connectivity index (χ1n) is 8.35. The zero-order valence-electron chi connectivity index (χ0n) is 14.6. The summed E-state index contributed by atoms with van der Waals surface area (Å²) in [6.07, 6.45) is 2.77. The molecule has 25 heavy (non-hydrogen) atoms. The molecule has 5 atom stereocenters. The van der Waals surface area contributed by atoms with Gasteiger partial charge in [-0.25, -0.2) is 0 Å². The number of rotatable bonds is 14. The molecule has 0 aliphatic carbocycles. The van der Waals surface area contributed by atoms with Gasteiger partial charge in [-0.05, 0) is 0 Å². The zero-order valence-corrected chi connectivity index (χ0v) is 14.6. The van der Waals surface area contributed by atoms with Crippen LogP contribution in [0.2, 0.25) is 0 Å². The first-order chi connectivity index (χ1) is 12.2. The predicted octanol–water partition coefficient (Wildman–Crippen LogP) is 0.816. The largest absolute Gasteiger partial charge is 0.394 e. The van der Waals surface area contributed by atoms with Crippen molar-refractivity contribution in [1.29, 1.82) is 0 Å². The van der Waals surface area contributed by atoms with Crippen molar-refractivity contribution in [2.75, 3.05) is 39.6 Å². The average molecular weight is 358 g/mol. The third-order valence-electron chi connectivity index (χ3n) is 3.52. The Morgan fingerprint density at radius 2 is 1.72 bits per heavy atom. The zero-order chi connectivity index (χ0) is 18.5.